The van der Waals surface area contributed by atoms with Crippen LogP contribution in [0.2, 0.25) is 0 Å². The van der Waals surface area contributed by atoms with Crippen molar-refractivity contribution in [2.24, 2.45) is 5.92 Å². The molecule has 1 aliphatic rings. The van der Waals surface area contributed by atoms with Gasteiger partial charge in [0, 0.05) is 11.6 Å². The van der Waals surface area contributed by atoms with Gasteiger partial charge in [0.2, 0.25) is 5.91 Å². The first-order valence-corrected chi connectivity index (χ1v) is 10.0. The number of aryl methyl sites for hydroxylation is 3. The number of rotatable bonds is 4. The number of nitrogens with one attached hydrogen (secondary N) is 2. The van der Waals surface area contributed by atoms with Gasteiger partial charge in [-0.1, -0.05) is 12.1 Å². The third-order valence-electron chi connectivity index (χ3n) is 5.51. The van der Waals surface area contributed by atoms with Gasteiger partial charge in [-0.15, -0.1) is 0 Å². The van der Waals surface area contributed by atoms with Crippen molar-refractivity contribution >= 4 is 22.6 Å². The van der Waals surface area contributed by atoms with Gasteiger partial charge in [-0.05, 0) is 87.7 Å². The van der Waals surface area contributed by atoms with Gasteiger partial charge >= 0.3 is 0 Å². The first-order valence-electron chi connectivity index (χ1n) is 10.0. The molecule has 0 bridgehead atoms. The lowest BCUT2D eigenvalue weighted by atomic mass is 9.95. The largest absolute Gasteiger partial charge is 0.341 e. The van der Waals surface area contributed by atoms with Crippen molar-refractivity contribution in [1.82, 2.24) is 14.9 Å². The monoisotopic (exact) mass is 376 g/mol. The van der Waals surface area contributed by atoms with E-state index in [1.165, 1.54) is 16.7 Å². The highest BCUT2D eigenvalue weighted by molar-refractivity contribution is 5.92. The number of nitrogens with zero attached hydrogens (tertiary/aromatic N) is 2. The van der Waals surface area contributed by atoms with Crippen LogP contribution < -0.4 is 5.32 Å². The normalized spacial score (nSPS) is 15.8. The lowest BCUT2D eigenvalue weighted by molar-refractivity contribution is -0.121. The Morgan fingerprint density at radius 3 is 2.50 bits per heavy atom. The number of amides is 1. The molecule has 3 aromatic rings. The van der Waals surface area contributed by atoms with Crippen molar-refractivity contribution in [3.63, 3.8) is 0 Å². The first-order chi connectivity index (χ1) is 13.5. The molecule has 28 heavy (non-hydrogen) atoms. The van der Waals surface area contributed by atoms with Crippen molar-refractivity contribution in [3.05, 3.63) is 58.9 Å². The minimum Gasteiger partial charge on any atom is -0.341 e. The van der Waals surface area contributed by atoms with Crippen LogP contribution in [-0.4, -0.2) is 33.9 Å². The lowest BCUT2D eigenvalue weighted by Crippen LogP contribution is -2.38. The molecule has 0 atom stereocenters. The Labute approximate surface area is 166 Å². The van der Waals surface area contributed by atoms with E-state index in [0.29, 0.717) is 0 Å². The van der Waals surface area contributed by atoms with E-state index in [9.17, 15) is 4.79 Å². The molecule has 1 saturated heterocycles. The zero-order valence-electron chi connectivity index (χ0n) is 16.9. The average Bonchev–Trinajstić information content (AvgIpc) is 3.02. The molecule has 1 fully saturated rings. The minimum atomic E-state index is 0.0791. The number of carbonyl (C=O) groups excluding carboxylic acids is 1. The van der Waals surface area contributed by atoms with Crippen LogP contribution >= 0.6 is 0 Å². The maximum absolute atomic E-state index is 12.7. The SMILES string of the molecule is Cc1cc(C)cc(NC(=O)C2CCN(Cc3nc4ccc(C)cc4[nH]3)CC2)c1. The molecule has 2 aromatic carbocycles. The van der Waals surface area contributed by atoms with Gasteiger partial charge in [-0.2, -0.15) is 0 Å². The van der Waals surface area contributed by atoms with E-state index in [1.54, 1.807) is 0 Å². The molecular weight excluding hydrogens is 348 g/mol. The Balaban J connectivity index is 1.32. The standard InChI is InChI=1S/C23H28N4O/c1-15-4-5-20-21(13-15)26-22(25-20)14-27-8-6-18(7-9-27)23(28)24-19-11-16(2)10-17(3)12-19/h4-5,10-13,18H,6-9,14H2,1-3H3,(H,24,28)(H,25,26). The molecular formula is C23H28N4O. The fraction of sp³-hybridized carbons (Fsp3) is 0.391. The summed E-state index contributed by atoms with van der Waals surface area (Å²) < 4.78 is 0. The number of aromatic nitrogens is 2. The second-order valence-electron chi connectivity index (χ2n) is 8.12. The van der Waals surface area contributed by atoms with Gasteiger partial charge in [-0.3, -0.25) is 9.69 Å². The van der Waals surface area contributed by atoms with Gasteiger partial charge in [0.15, 0.2) is 0 Å². The number of benzene rings is 2. The zero-order chi connectivity index (χ0) is 19.7. The highest BCUT2D eigenvalue weighted by Crippen LogP contribution is 2.22. The van der Waals surface area contributed by atoms with Crippen molar-refractivity contribution < 1.29 is 4.79 Å². The summed E-state index contributed by atoms with van der Waals surface area (Å²) in [6, 6.07) is 12.5. The quantitative estimate of drug-likeness (QED) is 0.712. The van der Waals surface area contributed by atoms with Crippen LogP contribution in [0.3, 0.4) is 0 Å². The molecule has 2 heterocycles. The van der Waals surface area contributed by atoms with E-state index in [0.717, 1.165) is 55.0 Å². The van der Waals surface area contributed by atoms with E-state index in [4.69, 9.17) is 4.98 Å². The topological polar surface area (TPSA) is 61.0 Å². The highest BCUT2D eigenvalue weighted by atomic mass is 16.1. The molecule has 0 spiro atoms. The number of anilines is 1. The summed E-state index contributed by atoms with van der Waals surface area (Å²) in [5, 5.41) is 3.10. The number of carbonyl (C=O) groups is 1. The Morgan fingerprint density at radius 2 is 1.79 bits per heavy atom. The van der Waals surface area contributed by atoms with Gasteiger partial charge in [0.25, 0.3) is 0 Å². The number of H-pyrrole nitrogens is 1. The minimum absolute atomic E-state index is 0.0791. The van der Waals surface area contributed by atoms with Crippen LogP contribution in [0.4, 0.5) is 5.69 Å². The van der Waals surface area contributed by atoms with Crippen LogP contribution in [0, 0.1) is 26.7 Å². The molecule has 0 saturated carbocycles. The van der Waals surface area contributed by atoms with Crippen molar-refractivity contribution in [1.29, 1.82) is 0 Å². The van der Waals surface area contributed by atoms with E-state index in [-0.39, 0.29) is 11.8 Å². The highest BCUT2D eigenvalue weighted by Gasteiger charge is 2.25. The second kappa shape index (κ2) is 7.76. The van der Waals surface area contributed by atoms with Crippen LogP contribution in [0.15, 0.2) is 36.4 Å². The number of piperidine rings is 1. The number of fused-ring (bicyclic) bond motifs is 1. The maximum atomic E-state index is 12.7. The van der Waals surface area contributed by atoms with E-state index in [1.807, 2.05) is 12.1 Å². The first kappa shape index (κ1) is 18.7. The number of hydrogen-bond donors (Lipinski definition) is 2. The predicted octanol–water partition coefficient (Wildman–Crippen LogP) is 4.34. The fourth-order valence-corrected chi connectivity index (χ4v) is 4.11. The van der Waals surface area contributed by atoms with Crippen LogP contribution in [0.25, 0.3) is 11.0 Å². The van der Waals surface area contributed by atoms with E-state index in [2.05, 4.69) is 60.2 Å². The molecule has 1 aromatic heterocycles. The van der Waals surface area contributed by atoms with Crippen molar-refractivity contribution in [3.8, 4) is 0 Å². The number of likely N-dealkylation sites (tertiary alicyclic amines) is 1. The van der Waals surface area contributed by atoms with Gasteiger partial charge < -0.3 is 10.3 Å². The molecule has 146 valence electrons. The maximum Gasteiger partial charge on any atom is 0.227 e. The predicted molar refractivity (Wildman–Crippen MR) is 113 cm³/mol. The smallest absolute Gasteiger partial charge is 0.227 e. The van der Waals surface area contributed by atoms with Crippen LogP contribution in [0.5, 0.6) is 0 Å². The average molecular weight is 377 g/mol. The summed E-state index contributed by atoms with van der Waals surface area (Å²) in [4.78, 5) is 23.2. The summed E-state index contributed by atoms with van der Waals surface area (Å²) in [5.41, 5.74) is 6.60. The fourth-order valence-electron chi connectivity index (χ4n) is 4.11. The van der Waals surface area contributed by atoms with Crippen molar-refractivity contribution in [2.45, 2.75) is 40.2 Å². The zero-order valence-corrected chi connectivity index (χ0v) is 16.9. The Kier molecular flexibility index (Phi) is 5.18. The molecule has 1 amide bonds. The van der Waals surface area contributed by atoms with Gasteiger partial charge in [0.05, 0.1) is 17.6 Å². The summed E-state index contributed by atoms with van der Waals surface area (Å²) in [6.45, 7) is 8.84. The number of hydrogen-bond acceptors (Lipinski definition) is 3. The summed E-state index contributed by atoms with van der Waals surface area (Å²) >= 11 is 0. The summed E-state index contributed by atoms with van der Waals surface area (Å²) in [6.07, 6.45) is 1.77. The van der Waals surface area contributed by atoms with E-state index < -0.39 is 0 Å². The molecule has 5 heteroatoms. The molecule has 2 N–H and O–H groups in total. The van der Waals surface area contributed by atoms with Crippen molar-refractivity contribution in [2.75, 3.05) is 18.4 Å². The number of aromatic amines is 1. The summed E-state index contributed by atoms with van der Waals surface area (Å²) in [5.74, 6) is 1.22. The second-order valence-corrected chi connectivity index (χ2v) is 8.12. The van der Waals surface area contributed by atoms with E-state index >= 15 is 0 Å². The van der Waals surface area contributed by atoms with Crippen LogP contribution in [-0.2, 0) is 11.3 Å². The molecule has 5 nitrogen and oxygen atoms in total. The molecule has 0 unspecified atom stereocenters. The third kappa shape index (κ3) is 4.25. The van der Waals surface area contributed by atoms with Gasteiger partial charge in [-0.25, -0.2) is 4.98 Å². The van der Waals surface area contributed by atoms with Crippen LogP contribution in [0.1, 0.15) is 35.4 Å². The Hall–Kier alpha value is -2.66. The Bertz CT molecular complexity index is 979. The molecule has 4 rings (SSSR count). The van der Waals surface area contributed by atoms with Gasteiger partial charge in [0.1, 0.15) is 5.82 Å². The Morgan fingerprint density at radius 1 is 1.07 bits per heavy atom. The molecule has 1 aliphatic heterocycles. The summed E-state index contributed by atoms with van der Waals surface area (Å²) in [7, 11) is 0. The molecule has 0 radical (unpaired) electrons. The number of imidazole rings is 1. The third-order valence-corrected chi connectivity index (χ3v) is 5.51. The lowest BCUT2D eigenvalue weighted by Gasteiger charge is -2.30. The molecule has 0 aliphatic carbocycles.